The Bertz CT molecular complexity index is 282. The highest BCUT2D eigenvalue weighted by atomic mass is 35.5. The van der Waals surface area contributed by atoms with Crippen LogP contribution in [0.1, 0.15) is 19.4 Å². The smallest absolute Gasteiger partial charge is 0.0631 e. The fraction of sp³-hybridized carbons (Fsp3) is 0.400. The van der Waals surface area contributed by atoms with Crippen LogP contribution in [0.15, 0.2) is 18.2 Å². The molecule has 0 heterocycles. The Hall–Kier alpha value is -0.240. The Kier molecular flexibility index (Phi) is 3.23. The third-order valence-electron chi connectivity index (χ3n) is 1.56. The van der Waals surface area contributed by atoms with Gasteiger partial charge < -0.3 is 5.11 Å². The highest BCUT2D eigenvalue weighted by Crippen LogP contribution is 2.22. The minimum absolute atomic E-state index is 0.549. The minimum atomic E-state index is -0.728. The van der Waals surface area contributed by atoms with Crippen molar-refractivity contribution < 1.29 is 5.11 Å². The number of rotatable bonds is 2. The molecule has 0 unspecified atom stereocenters. The van der Waals surface area contributed by atoms with E-state index in [0.717, 1.165) is 5.56 Å². The summed E-state index contributed by atoms with van der Waals surface area (Å²) in [6.45, 7) is 3.50. The summed E-state index contributed by atoms with van der Waals surface area (Å²) in [5.74, 6) is 0. The van der Waals surface area contributed by atoms with Crippen molar-refractivity contribution in [3.63, 3.8) is 0 Å². The molecule has 1 aromatic carbocycles. The molecule has 1 N–H and O–H groups in total. The molecule has 0 spiro atoms. The maximum Gasteiger partial charge on any atom is 0.0631 e. The molecule has 0 saturated heterocycles. The van der Waals surface area contributed by atoms with Gasteiger partial charge in [0.2, 0.25) is 0 Å². The van der Waals surface area contributed by atoms with Crippen molar-refractivity contribution in [1.29, 1.82) is 0 Å². The Morgan fingerprint density at radius 3 is 2.00 bits per heavy atom. The van der Waals surface area contributed by atoms with Crippen LogP contribution in [0, 0.1) is 0 Å². The molecule has 0 bridgehead atoms. The Labute approximate surface area is 88.3 Å². The topological polar surface area (TPSA) is 20.2 Å². The molecule has 0 amide bonds. The van der Waals surface area contributed by atoms with Gasteiger partial charge in [-0.3, -0.25) is 0 Å². The lowest BCUT2D eigenvalue weighted by Crippen LogP contribution is -2.21. The van der Waals surface area contributed by atoms with Crippen LogP contribution in [0.25, 0.3) is 0 Å². The Morgan fingerprint density at radius 2 is 1.62 bits per heavy atom. The van der Waals surface area contributed by atoms with Crippen LogP contribution in [0.2, 0.25) is 10.0 Å². The highest BCUT2D eigenvalue weighted by Gasteiger charge is 2.13. The first kappa shape index (κ1) is 10.8. The van der Waals surface area contributed by atoms with Crippen LogP contribution in [-0.4, -0.2) is 10.7 Å². The van der Waals surface area contributed by atoms with Gasteiger partial charge in [0.15, 0.2) is 0 Å². The molecule has 0 aliphatic carbocycles. The fourth-order valence-corrected chi connectivity index (χ4v) is 1.78. The molecule has 0 radical (unpaired) electrons. The van der Waals surface area contributed by atoms with Crippen LogP contribution in [-0.2, 0) is 6.42 Å². The number of aliphatic hydroxyl groups is 1. The number of halogens is 2. The molecular weight excluding hydrogens is 207 g/mol. The SMILES string of the molecule is CC(C)(O)Cc1cc(Cl)cc(Cl)c1. The van der Waals surface area contributed by atoms with Crippen molar-refractivity contribution in [3.05, 3.63) is 33.8 Å². The zero-order valence-corrected chi connectivity index (χ0v) is 9.15. The van der Waals surface area contributed by atoms with Crippen LogP contribution >= 0.6 is 23.2 Å². The summed E-state index contributed by atoms with van der Waals surface area (Å²) in [6.07, 6.45) is 0.549. The minimum Gasteiger partial charge on any atom is -0.390 e. The summed E-state index contributed by atoms with van der Waals surface area (Å²) in [4.78, 5) is 0. The van der Waals surface area contributed by atoms with Gasteiger partial charge >= 0.3 is 0 Å². The summed E-state index contributed by atoms with van der Waals surface area (Å²) in [6, 6.07) is 5.30. The predicted octanol–water partition coefficient (Wildman–Crippen LogP) is 3.31. The molecule has 0 aromatic heterocycles. The average Bonchev–Trinajstić information content (AvgIpc) is 1.78. The summed E-state index contributed by atoms with van der Waals surface area (Å²) in [5, 5.41) is 10.8. The Morgan fingerprint density at radius 1 is 1.15 bits per heavy atom. The third kappa shape index (κ3) is 3.99. The standard InChI is InChI=1S/C10H12Cl2O/c1-10(2,13)6-7-3-8(11)5-9(12)4-7/h3-5,13H,6H2,1-2H3. The van der Waals surface area contributed by atoms with Crippen molar-refractivity contribution in [3.8, 4) is 0 Å². The molecule has 0 aliphatic rings. The van der Waals surface area contributed by atoms with E-state index < -0.39 is 5.60 Å². The summed E-state index contributed by atoms with van der Waals surface area (Å²) >= 11 is 11.6. The van der Waals surface area contributed by atoms with Crippen LogP contribution in [0.4, 0.5) is 0 Å². The molecule has 0 atom stereocenters. The second kappa shape index (κ2) is 3.87. The van der Waals surface area contributed by atoms with E-state index in [2.05, 4.69) is 0 Å². The van der Waals surface area contributed by atoms with Crippen molar-refractivity contribution in [2.24, 2.45) is 0 Å². The molecule has 0 saturated carbocycles. The molecule has 0 aliphatic heterocycles. The van der Waals surface area contributed by atoms with E-state index in [1.54, 1.807) is 19.9 Å². The van der Waals surface area contributed by atoms with E-state index in [4.69, 9.17) is 23.2 Å². The van der Waals surface area contributed by atoms with Crippen molar-refractivity contribution in [1.82, 2.24) is 0 Å². The molecular formula is C10H12Cl2O. The van der Waals surface area contributed by atoms with E-state index >= 15 is 0 Å². The van der Waals surface area contributed by atoms with Gasteiger partial charge in [0.1, 0.15) is 0 Å². The quantitative estimate of drug-likeness (QED) is 0.808. The van der Waals surface area contributed by atoms with Crippen molar-refractivity contribution in [2.45, 2.75) is 25.9 Å². The van der Waals surface area contributed by atoms with Gasteiger partial charge in [-0.05, 0) is 37.6 Å². The first-order valence-electron chi connectivity index (χ1n) is 4.04. The lowest BCUT2D eigenvalue weighted by Gasteiger charge is -2.17. The highest BCUT2D eigenvalue weighted by molar-refractivity contribution is 6.34. The number of hydrogen-bond donors (Lipinski definition) is 1. The number of hydrogen-bond acceptors (Lipinski definition) is 1. The zero-order valence-electron chi connectivity index (χ0n) is 7.64. The number of benzene rings is 1. The van der Waals surface area contributed by atoms with Gasteiger partial charge in [0, 0.05) is 16.5 Å². The van der Waals surface area contributed by atoms with Crippen LogP contribution < -0.4 is 0 Å². The van der Waals surface area contributed by atoms with Crippen molar-refractivity contribution in [2.75, 3.05) is 0 Å². The third-order valence-corrected chi connectivity index (χ3v) is 2.00. The lowest BCUT2D eigenvalue weighted by molar-refractivity contribution is 0.0810. The molecule has 0 fully saturated rings. The second-order valence-electron chi connectivity index (χ2n) is 3.77. The van der Waals surface area contributed by atoms with E-state index in [1.807, 2.05) is 12.1 Å². The summed E-state index contributed by atoms with van der Waals surface area (Å²) in [7, 11) is 0. The van der Waals surface area contributed by atoms with Crippen LogP contribution in [0.5, 0.6) is 0 Å². The van der Waals surface area contributed by atoms with Crippen LogP contribution in [0.3, 0.4) is 0 Å². The summed E-state index contributed by atoms with van der Waals surface area (Å²) in [5.41, 5.74) is 0.221. The van der Waals surface area contributed by atoms with Gasteiger partial charge in [-0.2, -0.15) is 0 Å². The van der Waals surface area contributed by atoms with Gasteiger partial charge in [-0.25, -0.2) is 0 Å². The van der Waals surface area contributed by atoms with E-state index in [9.17, 15) is 5.11 Å². The normalized spacial score (nSPS) is 11.8. The first-order valence-corrected chi connectivity index (χ1v) is 4.80. The predicted molar refractivity (Wildman–Crippen MR) is 56.5 cm³/mol. The molecule has 1 aromatic rings. The van der Waals surface area contributed by atoms with E-state index in [1.165, 1.54) is 0 Å². The van der Waals surface area contributed by atoms with Gasteiger partial charge in [-0.15, -0.1) is 0 Å². The second-order valence-corrected chi connectivity index (χ2v) is 4.64. The average molecular weight is 219 g/mol. The zero-order chi connectivity index (χ0) is 10.1. The van der Waals surface area contributed by atoms with Gasteiger partial charge in [0.05, 0.1) is 5.60 Å². The molecule has 1 nitrogen and oxygen atoms in total. The van der Waals surface area contributed by atoms with E-state index in [0.29, 0.717) is 16.5 Å². The fourth-order valence-electron chi connectivity index (χ4n) is 1.21. The lowest BCUT2D eigenvalue weighted by atomic mass is 9.99. The van der Waals surface area contributed by atoms with Crippen molar-refractivity contribution >= 4 is 23.2 Å². The molecule has 13 heavy (non-hydrogen) atoms. The maximum absolute atomic E-state index is 9.57. The maximum atomic E-state index is 9.57. The molecule has 1 rings (SSSR count). The first-order chi connectivity index (χ1) is 5.87. The van der Waals surface area contributed by atoms with Gasteiger partial charge in [-0.1, -0.05) is 23.2 Å². The largest absolute Gasteiger partial charge is 0.390 e. The monoisotopic (exact) mass is 218 g/mol. The molecule has 72 valence electrons. The Balaban J connectivity index is 2.90. The molecule has 3 heteroatoms. The van der Waals surface area contributed by atoms with Gasteiger partial charge in [0.25, 0.3) is 0 Å². The summed E-state index contributed by atoms with van der Waals surface area (Å²) < 4.78 is 0. The van der Waals surface area contributed by atoms with E-state index in [-0.39, 0.29) is 0 Å².